The van der Waals surface area contributed by atoms with E-state index in [0.717, 1.165) is 23.0 Å². The molecule has 3 rings (SSSR count). The van der Waals surface area contributed by atoms with Crippen molar-refractivity contribution in [3.8, 4) is 11.1 Å². The third-order valence-corrected chi connectivity index (χ3v) is 5.48. The van der Waals surface area contributed by atoms with Crippen molar-refractivity contribution >= 4 is 29.8 Å². The van der Waals surface area contributed by atoms with Gasteiger partial charge in [-0.3, -0.25) is 14.4 Å². The summed E-state index contributed by atoms with van der Waals surface area (Å²) in [4.78, 5) is 45.7. The number of aldehydes is 1. The predicted octanol–water partition coefficient (Wildman–Crippen LogP) is 4.11. The molecule has 1 N–H and O–H groups in total. The number of aromatic nitrogens is 1. The fourth-order valence-corrected chi connectivity index (χ4v) is 3.53. The molecular formula is C26H27ClN2O5. The van der Waals surface area contributed by atoms with Crippen LogP contribution in [0.1, 0.15) is 38.8 Å². The first-order valence-corrected chi connectivity index (χ1v) is 10.8. The van der Waals surface area contributed by atoms with Crippen LogP contribution in [0.3, 0.4) is 0 Å². The lowest BCUT2D eigenvalue weighted by Gasteiger charge is -2.13. The molecule has 1 amide bonds. The highest BCUT2D eigenvalue weighted by molar-refractivity contribution is 6.34. The van der Waals surface area contributed by atoms with Crippen LogP contribution in [0.15, 0.2) is 59.5 Å². The number of carbonyl (C=O) groups is 3. The van der Waals surface area contributed by atoms with E-state index in [4.69, 9.17) is 11.6 Å². The van der Waals surface area contributed by atoms with Crippen molar-refractivity contribution in [2.24, 2.45) is 7.05 Å². The number of carbonyl (C=O) groups excluding carboxylic acids is 3. The third-order valence-electron chi connectivity index (χ3n) is 5.16. The van der Waals surface area contributed by atoms with Crippen LogP contribution in [0.25, 0.3) is 11.1 Å². The molecule has 0 radical (unpaired) electrons. The molecule has 1 atom stereocenters. The second-order valence-electron chi connectivity index (χ2n) is 7.68. The van der Waals surface area contributed by atoms with Crippen molar-refractivity contribution in [1.29, 1.82) is 0 Å². The lowest BCUT2D eigenvalue weighted by molar-refractivity contribution is -0.142. The number of nitrogens with zero attached hydrogens (tertiary/aromatic N) is 1. The van der Waals surface area contributed by atoms with Crippen molar-refractivity contribution in [2.45, 2.75) is 26.8 Å². The zero-order chi connectivity index (χ0) is 25.4. The second kappa shape index (κ2) is 12.0. The van der Waals surface area contributed by atoms with E-state index in [0.29, 0.717) is 21.7 Å². The normalized spacial score (nSPS) is 11.0. The number of rotatable bonds is 5. The van der Waals surface area contributed by atoms with Gasteiger partial charge in [0.25, 0.3) is 11.5 Å². The summed E-state index contributed by atoms with van der Waals surface area (Å²) in [5, 5.41) is 2.89. The Morgan fingerprint density at radius 3 is 2.26 bits per heavy atom. The molecule has 0 spiro atoms. The average molecular weight is 483 g/mol. The van der Waals surface area contributed by atoms with Gasteiger partial charge >= 0.3 is 5.97 Å². The molecule has 0 bridgehead atoms. The Kier molecular flexibility index (Phi) is 9.33. The molecule has 0 aliphatic carbocycles. The molecule has 1 aromatic heterocycles. The zero-order valence-corrected chi connectivity index (χ0v) is 20.5. The summed E-state index contributed by atoms with van der Waals surface area (Å²) in [5.41, 5.74) is 4.19. The number of pyridine rings is 1. The van der Waals surface area contributed by atoms with E-state index in [1.807, 2.05) is 13.0 Å². The number of halogens is 1. The summed E-state index contributed by atoms with van der Waals surface area (Å²) in [5.74, 6) is -0.881. The van der Waals surface area contributed by atoms with Crippen molar-refractivity contribution in [1.82, 2.24) is 9.88 Å². The van der Waals surface area contributed by atoms with Crippen LogP contribution < -0.4 is 10.9 Å². The molecule has 0 saturated carbocycles. The van der Waals surface area contributed by atoms with Crippen molar-refractivity contribution < 1.29 is 19.1 Å². The van der Waals surface area contributed by atoms with Crippen LogP contribution in [-0.2, 0) is 16.6 Å². The van der Waals surface area contributed by atoms with Crippen LogP contribution in [0, 0.1) is 13.8 Å². The molecule has 7 nitrogen and oxygen atoms in total. The minimum Gasteiger partial charge on any atom is -0.467 e. The van der Waals surface area contributed by atoms with E-state index in [1.165, 1.54) is 7.11 Å². The Balaban J connectivity index is 0.000000240. The first kappa shape index (κ1) is 26.5. The number of benzene rings is 2. The van der Waals surface area contributed by atoms with E-state index in [2.05, 4.69) is 10.1 Å². The SMILES string of the molecule is COC(=O)[C@H](C)NC(=O)c1c(C)cccc1Cl.Cc1ccn(C)c(=O)c1-c1ccc(C=O)cc1. The highest BCUT2D eigenvalue weighted by atomic mass is 35.5. The minimum atomic E-state index is -0.705. The smallest absolute Gasteiger partial charge is 0.328 e. The van der Waals surface area contributed by atoms with Gasteiger partial charge in [-0.1, -0.05) is 48.0 Å². The number of esters is 1. The lowest BCUT2D eigenvalue weighted by atomic mass is 10.0. The van der Waals surface area contributed by atoms with E-state index in [9.17, 15) is 19.2 Å². The molecule has 3 aromatic rings. The van der Waals surface area contributed by atoms with E-state index >= 15 is 0 Å². The van der Waals surface area contributed by atoms with Crippen molar-refractivity contribution in [3.63, 3.8) is 0 Å². The van der Waals surface area contributed by atoms with Crippen LogP contribution in [0.4, 0.5) is 0 Å². The maximum absolute atomic E-state index is 12.0. The minimum absolute atomic E-state index is 0.0242. The predicted molar refractivity (Wildman–Crippen MR) is 132 cm³/mol. The van der Waals surface area contributed by atoms with E-state index in [-0.39, 0.29) is 11.5 Å². The molecule has 2 aromatic carbocycles. The van der Waals surface area contributed by atoms with Gasteiger partial charge in [-0.05, 0) is 49.6 Å². The maximum Gasteiger partial charge on any atom is 0.328 e. The number of hydrogen-bond acceptors (Lipinski definition) is 5. The molecule has 0 aliphatic heterocycles. The monoisotopic (exact) mass is 482 g/mol. The molecule has 34 heavy (non-hydrogen) atoms. The van der Waals surface area contributed by atoms with Crippen LogP contribution in [0.2, 0.25) is 5.02 Å². The second-order valence-corrected chi connectivity index (χ2v) is 8.09. The number of methoxy groups -OCH3 is 1. The maximum atomic E-state index is 12.0. The first-order valence-electron chi connectivity index (χ1n) is 10.5. The molecular weight excluding hydrogens is 456 g/mol. The molecule has 0 unspecified atom stereocenters. The Morgan fingerprint density at radius 2 is 1.71 bits per heavy atom. The molecule has 8 heteroatoms. The number of hydrogen-bond donors (Lipinski definition) is 1. The molecule has 178 valence electrons. The van der Waals surface area contributed by atoms with E-state index in [1.54, 1.807) is 74.1 Å². The van der Waals surface area contributed by atoms with Crippen LogP contribution in [0.5, 0.6) is 0 Å². The molecule has 0 fully saturated rings. The molecule has 0 saturated heterocycles. The van der Waals surface area contributed by atoms with Crippen molar-refractivity contribution in [2.75, 3.05) is 7.11 Å². The van der Waals surface area contributed by atoms with Crippen molar-refractivity contribution in [3.05, 3.63) is 92.4 Å². The zero-order valence-electron chi connectivity index (χ0n) is 19.7. The quantitative estimate of drug-likeness (QED) is 0.436. The summed E-state index contributed by atoms with van der Waals surface area (Å²) in [6, 6.07) is 13.4. The van der Waals surface area contributed by atoms with E-state index < -0.39 is 12.0 Å². The Labute approximate surface area is 203 Å². The molecule has 1 heterocycles. The van der Waals surface area contributed by atoms with Gasteiger partial charge in [0.15, 0.2) is 0 Å². The molecule has 0 aliphatic rings. The number of aryl methyl sites for hydroxylation is 3. The van der Waals surface area contributed by atoms with Gasteiger partial charge in [-0.25, -0.2) is 4.79 Å². The van der Waals surface area contributed by atoms with Gasteiger partial charge in [-0.15, -0.1) is 0 Å². The van der Waals surface area contributed by atoms with Gasteiger partial charge in [0, 0.05) is 18.8 Å². The van der Waals surface area contributed by atoms with Crippen LogP contribution in [-0.4, -0.2) is 35.9 Å². The highest BCUT2D eigenvalue weighted by Gasteiger charge is 2.19. The Bertz CT molecular complexity index is 1230. The Hall–Kier alpha value is -3.71. The average Bonchev–Trinajstić information content (AvgIpc) is 2.82. The third kappa shape index (κ3) is 6.42. The van der Waals surface area contributed by atoms with Crippen LogP contribution >= 0.6 is 11.6 Å². The number of nitrogens with one attached hydrogen (secondary N) is 1. The summed E-state index contributed by atoms with van der Waals surface area (Å²) in [6.07, 6.45) is 2.54. The highest BCUT2D eigenvalue weighted by Crippen LogP contribution is 2.20. The fourth-order valence-electron chi connectivity index (χ4n) is 3.22. The topological polar surface area (TPSA) is 94.5 Å². The summed E-state index contributed by atoms with van der Waals surface area (Å²) in [7, 11) is 3.00. The number of ether oxygens (including phenoxy) is 1. The first-order chi connectivity index (χ1) is 16.1. The lowest BCUT2D eigenvalue weighted by Crippen LogP contribution is -2.39. The number of amides is 1. The van der Waals surface area contributed by atoms with Gasteiger partial charge in [0.2, 0.25) is 0 Å². The Morgan fingerprint density at radius 1 is 1.06 bits per heavy atom. The fraction of sp³-hybridized carbons (Fsp3) is 0.231. The summed E-state index contributed by atoms with van der Waals surface area (Å²) >= 11 is 5.94. The summed E-state index contributed by atoms with van der Waals surface area (Å²) < 4.78 is 6.07. The summed E-state index contributed by atoms with van der Waals surface area (Å²) in [6.45, 7) is 5.24. The van der Waals surface area contributed by atoms with Gasteiger partial charge in [0.05, 0.1) is 23.3 Å². The van der Waals surface area contributed by atoms with Gasteiger partial charge in [-0.2, -0.15) is 0 Å². The van der Waals surface area contributed by atoms with Gasteiger partial charge < -0.3 is 14.6 Å². The van der Waals surface area contributed by atoms with Gasteiger partial charge in [0.1, 0.15) is 12.3 Å². The standard InChI is InChI=1S/C14H13NO2.C12H14ClNO3/c1-10-7-8-15(2)14(17)13(10)12-5-3-11(9-16)4-6-12;1-7-5-4-6-9(13)10(7)11(15)14-8(2)12(16)17-3/h3-9H,1-2H3;4-6,8H,1-3H3,(H,14,15)/t;8-/m.0/s1. The largest absolute Gasteiger partial charge is 0.467 e.